The van der Waals surface area contributed by atoms with E-state index >= 15 is 0 Å². The molecule has 1 saturated heterocycles. The molecule has 3 heterocycles. The van der Waals surface area contributed by atoms with Crippen LogP contribution in [-0.4, -0.2) is 51.9 Å². The second-order valence-corrected chi connectivity index (χ2v) is 8.48. The number of pyridine rings is 1. The third kappa shape index (κ3) is 4.44. The third-order valence-corrected chi connectivity index (χ3v) is 5.66. The first-order valence-electron chi connectivity index (χ1n) is 8.73. The van der Waals surface area contributed by atoms with Gasteiger partial charge in [0.05, 0.1) is 10.7 Å². The van der Waals surface area contributed by atoms with Crippen molar-refractivity contribution in [3.63, 3.8) is 0 Å². The summed E-state index contributed by atoms with van der Waals surface area (Å²) in [6.45, 7) is 12.6. The van der Waals surface area contributed by atoms with Crippen LogP contribution in [0.25, 0.3) is 0 Å². The molecule has 2 aromatic rings. The number of thiazole rings is 1. The van der Waals surface area contributed by atoms with Crippen LogP contribution in [0.1, 0.15) is 47.7 Å². The Balaban J connectivity index is 1.55. The monoisotopic (exact) mass is 358 g/mol. The molecule has 1 aliphatic heterocycles. The van der Waals surface area contributed by atoms with Crippen molar-refractivity contribution in [3.05, 3.63) is 45.7 Å². The number of amides is 1. The van der Waals surface area contributed by atoms with Gasteiger partial charge in [-0.3, -0.25) is 9.69 Å². The van der Waals surface area contributed by atoms with Gasteiger partial charge in [0.1, 0.15) is 5.69 Å². The van der Waals surface area contributed by atoms with Crippen LogP contribution in [0.4, 0.5) is 0 Å². The van der Waals surface area contributed by atoms with E-state index in [1.165, 1.54) is 5.01 Å². The van der Waals surface area contributed by atoms with Crippen LogP contribution in [0.2, 0.25) is 0 Å². The van der Waals surface area contributed by atoms with E-state index in [0.717, 1.165) is 44.1 Å². The van der Waals surface area contributed by atoms with Crippen LogP contribution in [0, 0.1) is 6.92 Å². The van der Waals surface area contributed by atoms with Gasteiger partial charge in [0.25, 0.3) is 5.91 Å². The Hall–Kier alpha value is -1.79. The summed E-state index contributed by atoms with van der Waals surface area (Å²) in [4.78, 5) is 26.0. The molecule has 1 amide bonds. The van der Waals surface area contributed by atoms with Gasteiger partial charge >= 0.3 is 0 Å². The zero-order valence-corrected chi connectivity index (χ0v) is 16.3. The lowest BCUT2D eigenvalue weighted by Crippen LogP contribution is -2.48. The lowest BCUT2D eigenvalue weighted by atomic mass is 9.98. The molecule has 5 nitrogen and oxygen atoms in total. The fraction of sp³-hybridized carbons (Fsp3) is 0.526. The van der Waals surface area contributed by atoms with Gasteiger partial charge in [0.2, 0.25) is 0 Å². The highest BCUT2D eigenvalue weighted by atomic mass is 32.1. The second-order valence-electron chi connectivity index (χ2n) is 7.63. The first-order chi connectivity index (χ1) is 11.8. The fourth-order valence-corrected chi connectivity index (χ4v) is 3.78. The number of rotatable bonds is 3. The van der Waals surface area contributed by atoms with Crippen LogP contribution in [-0.2, 0) is 12.0 Å². The molecule has 0 aromatic carbocycles. The van der Waals surface area contributed by atoms with Crippen molar-refractivity contribution >= 4 is 17.2 Å². The van der Waals surface area contributed by atoms with Crippen molar-refractivity contribution in [2.75, 3.05) is 26.2 Å². The van der Waals surface area contributed by atoms with E-state index in [-0.39, 0.29) is 11.3 Å². The van der Waals surface area contributed by atoms with Crippen LogP contribution in [0.3, 0.4) is 0 Å². The van der Waals surface area contributed by atoms with E-state index in [1.807, 2.05) is 24.0 Å². The fourth-order valence-electron chi connectivity index (χ4n) is 2.89. The maximum atomic E-state index is 12.6. The van der Waals surface area contributed by atoms with E-state index in [2.05, 4.69) is 36.0 Å². The van der Waals surface area contributed by atoms with Crippen molar-refractivity contribution < 1.29 is 4.79 Å². The molecular weight excluding hydrogens is 332 g/mol. The summed E-state index contributed by atoms with van der Waals surface area (Å²) in [5.74, 6) is 0.0343. The molecule has 0 bridgehead atoms. The molecule has 0 aliphatic carbocycles. The molecule has 6 heteroatoms. The lowest BCUT2D eigenvalue weighted by Gasteiger charge is -2.34. The Morgan fingerprint density at radius 3 is 2.48 bits per heavy atom. The van der Waals surface area contributed by atoms with Gasteiger partial charge in [-0.05, 0) is 19.1 Å². The van der Waals surface area contributed by atoms with Crippen molar-refractivity contribution in [1.82, 2.24) is 19.8 Å². The number of hydrogen-bond acceptors (Lipinski definition) is 5. The molecule has 25 heavy (non-hydrogen) atoms. The molecular formula is C19H26N4OS. The van der Waals surface area contributed by atoms with Crippen molar-refractivity contribution in [2.45, 2.75) is 39.7 Å². The van der Waals surface area contributed by atoms with Gasteiger partial charge in [-0.15, -0.1) is 11.3 Å². The van der Waals surface area contributed by atoms with Gasteiger partial charge < -0.3 is 4.90 Å². The number of aryl methyl sites for hydroxylation is 1. The highest BCUT2D eigenvalue weighted by Crippen LogP contribution is 2.26. The quantitative estimate of drug-likeness (QED) is 0.846. The summed E-state index contributed by atoms with van der Waals surface area (Å²) < 4.78 is 0. The molecule has 0 radical (unpaired) electrons. The van der Waals surface area contributed by atoms with Crippen LogP contribution in [0.15, 0.2) is 23.6 Å². The normalized spacial score (nSPS) is 16.2. The van der Waals surface area contributed by atoms with E-state index in [9.17, 15) is 4.79 Å². The van der Waals surface area contributed by atoms with E-state index in [1.54, 1.807) is 17.4 Å². The molecule has 0 saturated carbocycles. The molecule has 1 aliphatic rings. The first kappa shape index (κ1) is 18.0. The van der Waals surface area contributed by atoms with E-state index < -0.39 is 0 Å². The van der Waals surface area contributed by atoms with Gasteiger partial charge in [-0.25, -0.2) is 9.97 Å². The van der Waals surface area contributed by atoms with Gasteiger partial charge in [-0.2, -0.15) is 0 Å². The predicted molar refractivity (Wildman–Crippen MR) is 101 cm³/mol. The van der Waals surface area contributed by atoms with Crippen molar-refractivity contribution in [2.24, 2.45) is 0 Å². The maximum Gasteiger partial charge on any atom is 0.272 e. The molecule has 0 atom stereocenters. The number of piperazine rings is 1. The summed E-state index contributed by atoms with van der Waals surface area (Å²) in [6, 6.07) is 5.60. The molecule has 0 N–H and O–H groups in total. The Morgan fingerprint density at radius 1 is 1.16 bits per heavy atom. The molecule has 0 unspecified atom stereocenters. The summed E-state index contributed by atoms with van der Waals surface area (Å²) in [5.41, 5.74) is 2.66. The topological polar surface area (TPSA) is 49.3 Å². The summed E-state index contributed by atoms with van der Waals surface area (Å²) in [5, 5.41) is 3.34. The zero-order chi connectivity index (χ0) is 18.0. The first-order valence-corrected chi connectivity index (χ1v) is 9.61. The average Bonchev–Trinajstić information content (AvgIpc) is 3.04. The van der Waals surface area contributed by atoms with Gasteiger partial charge in [0.15, 0.2) is 0 Å². The Bertz CT molecular complexity index is 742. The third-order valence-electron chi connectivity index (χ3n) is 4.35. The highest BCUT2D eigenvalue weighted by molar-refractivity contribution is 7.09. The number of carbonyl (C=O) groups is 1. The number of aromatic nitrogens is 2. The largest absolute Gasteiger partial charge is 0.335 e. The molecule has 3 rings (SSSR count). The standard InChI is InChI=1S/C19H26N4OS/c1-14-6-5-7-16(20-14)17(24)23-10-8-22(9-11-23)12-15-13-25-18(21-15)19(2,3)4/h5-7,13H,8-12H2,1-4H3. The minimum atomic E-state index is 0.0343. The molecule has 134 valence electrons. The summed E-state index contributed by atoms with van der Waals surface area (Å²) in [7, 11) is 0. The maximum absolute atomic E-state index is 12.6. The molecule has 0 spiro atoms. The Morgan fingerprint density at radius 2 is 1.88 bits per heavy atom. The lowest BCUT2D eigenvalue weighted by molar-refractivity contribution is 0.0621. The van der Waals surface area contributed by atoms with E-state index in [4.69, 9.17) is 4.98 Å². The molecule has 2 aromatic heterocycles. The summed E-state index contributed by atoms with van der Waals surface area (Å²) in [6.07, 6.45) is 0. The number of carbonyl (C=O) groups excluding carboxylic acids is 1. The average molecular weight is 359 g/mol. The van der Waals surface area contributed by atoms with Crippen molar-refractivity contribution in [3.8, 4) is 0 Å². The van der Waals surface area contributed by atoms with E-state index in [0.29, 0.717) is 5.69 Å². The Kier molecular flexibility index (Phi) is 5.20. The van der Waals surface area contributed by atoms with Crippen LogP contribution < -0.4 is 0 Å². The smallest absolute Gasteiger partial charge is 0.272 e. The zero-order valence-electron chi connectivity index (χ0n) is 15.5. The molecule has 1 fully saturated rings. The minimum absolute atomic E-state index is 0.0343. The second kappa shape index (κ2) is 7.22. The van der Waals surface area contributed by atoms with Crippen LogP contribution in [0.5, 0.6) is 0 Å². The van der Waals surface area contributed by atoms with Crippen LogP contribution >= 0.6 is 11.3 Å². The number of hydrogen-bond donors (Lipinski definition) is 0. The SMILES string of the molecule is Cc1cccc(C(=O)N2CCN(Cc3csc(C(C)(C)C)n3)CC2)n1. The number of nitrogens with zero attached hydrogens (tertiary/aromatic N) is 4. The summed E-state index contributed by atoms with van der Waals surface area (Å²) >= 11 is 1.74. The predicted octanol–water partition coefficient (Wildman–Crippen LogP) is 3.10. The van der Waals surface area contributed by atoms with Crippen molar-refractivity contribution in [1.29, 1.82) is 0 Å². The highest BCUT2D eigenvalue weighted by Gasteiger charge is 2.24. The van der Waals surface area contributed by atoms with Gasteiger partial charge in [-0.1, -0.05) is 26.8 Å². The van der Waals surface area contributed by atoms with Gasteiger partial charge in [0, 0.05) is 49.2 Å². The Labute approximate surface area is 153 Å². The minimum Gasteiger partial charge on any atom is -0.335 e.